The van der Waals surface area contributed by atoms with Crippen LogP contribution >= 0.6 is 0 Å². The van der Waals surface area contributed by atoms with Crippen LogP contribution in [0, 0.1) is 29.1 Å². The van der Waals surface area contributed by atoms with E-state index in [2.05, 4.69) is 4.74 Å². The average molecular weight is 428 g/mol. The van der Waals surface area contributed by atoms with Crippen LogP contribution < -0.4 is 4.74 Å². The van der Waals surface area contributed by atoms with E-state index in [0.29, 0.717) is 12.8 Å². The molecule has 0 aromatic heterocycles. The highest BCUT2D eigenvalue weighted by atomic mass is 19.3. The van der Waals surface area contributed by atoms with Gasteiger partial charge in [-0.05, 0) is 59.5 Å². The number of alkyl halides is 2. The molecule has 0 saturated carbocycles. The predicted molar refractivity (Wildman–Crippen MR) is 96.6 cm³/mol. The van der Waals surface area contributed by atoms with Crippen LogP contribution in [-0.2, 0) is 12.5 Å². The Morgan fingerprint density at radius 3 is 1.77 bits per heavy atom. The summed E-state index contributed by atoms with van der Waals surface area (Å²) in [5.74, 6) is -7.76. The lowest BCUT2D eigenvalue weighted by Crippen LogP contribution is -2.25. The maximum atomic E-state index is 14.4. The molecule has 3 rings (SSSR count). The molecule has 0 N–H and O–H groups in total. The predicted octanol–water partition coefficient (Wildman–Crippen LogP) is 7.13. The van der Waals surface area contributed by atoms with Crippen molar-refractivity contribution in [1.82, 2.24) is 0 Å². The number of rotatable bonds is 6. The van der Waals surface area contributed by atoms with Gasteiger partial charge in [0, 0.05) is 0 Å². The first-order valence-corrected chi connectivity index (χ1v) is 8.92. The minimum Gasteiger partial charge on any atom is -0.429 e. The Kier molecular flexibility index (Phi) is 6.05. The maximum Gasteiger partial charge on any atom is 0.432 e. The van der Waals surface area contributed by atoms with E-state index in [1.165, 1.54) is 12.1 Å². The molecule has 1 nitrogen and oxygen atoms in total. The first-order valence-electron chi connectivity index (χ1n) is 8.92. The molecule has 0 amide bonds. The molecule has 0 saturated heterocycles. The molecule has 0 heterocycles. The fraction of sp³-hybridized carbons (Fsp3) is 0.182. The second kappa shape index (κ2) is 8.38. The highest BCUT2D eigenvalue weighted by Gasteiger charge is 2.41. The van der Waals surface area contributed by atoms with Crippen molar-refractivity contribution >= 4 is 0 Å². The average Bonchev–Trinajstić information content (AvgIpc) is 2.65. The molecule has 8 heteroatoms. The lowest BCUT2D eigenvalue weighted by molar-refractivity contribution is -0.189. The first kappa shape index (κ1) is 21.7. The molecular formula is C22H15F7O. The fourth-order valence-corrected chi connectivity index (χ4v) is 2.97. The standard InChI is InChI=1S/C22H15F7O/c1-2-3-12-8-16(23)20(17(24)9-12)22(28,29)30-15-6-4-13(5-7-15)14-10-18(25)21(27)19(26)11-14/h4-11H,2-3H2,1H3. The van der Waals surface area contributed by atoms with Crippen molar-refractivity contribution in [2.45, 2.75) is 25.9 Å². The van der Waals surface area contributed by atoms with Crippen LogP contribution in [0.4, 0.5) is 30.7 Å². The number of halogens is 7. The van der Waals surface area contributed by atoms with E-state index in [0.717, 1.165) is 36.4 Å². The molecule has 0 radical (unpaired) electrons. The third-order valence-corrected chi connectivity index (χ3v) is 4.35. The lowest BCUT2D eigenvalue weighted by atomic mass is 10.0. The monoisotopic (exact) mass is 428 g/mol. The van der Waals surface area contributed by atoms with Gasteiger partial charge in [-0.25, -0.2) is 22.0 Å². The molecule has 0 aliphatic heterocycles. The maximum absolute atomic E-state index is 14.4. The molecule has 0 aliphatic rings. The van der Waals surface area contributed by atoms with E-state index < -0.39 is 46.5 Å². The fourth-order valence-electron chi connectivity index (χ4n) is 2.97. The van der Waals surface area contributed by atoms with Crippen molar-refractivity contribution in [3.63, 3.8) is 0 Å². The van der Waals surface area contributed by atoms with Crippen molar-refractivity contribution in [2.75, 3.05) is 0 Å². The number of aryl methyl sites for hydroxylation is 1. The number of hydrogen-bond donors (Lipinski definition) is 0. The zero-order chi connectivity index (χ0) is 22.1. The second-order valence-corrected chi connectivity index (χ2v) is 6.58. The third-order valence-electron chi connectivity index (χ3n) is 4.35. The quantitative estimate of drug-likeness (QED) is 0.300. The van der Waals surface area contributed by atoms with Crippen LogP contribution in [0.3, 0.4) is 0 Å². The Morgan fingerprint density at radius 1 is 0.733 bits per heavy atom. The summed E-state index contributed by atoms with van der Waals surface area (Å²) in [6.45, 7) is 1.78. The Hall–Kier alpha value is -3.03. The van der Waals surface area contributed by atoms with Crippen LogP contribution in [0.1, 0.15) is 24.5 Å². The minimum atomic E-state index is -4.31. The second-order valence-electron chi connectivity index (χ2n) is 6.58. The molecule has 0 atom stereocenters. The van der Waals surface area contributed by atoms with Gasteiger partial charge in [-0.3, -0.25) is 0 Å². The van der Waals surface area contributed by atoms with Crippen LogP contribution in [0.2, 0.25) is 0 Å². The first-order chi connectivity index (χ1) is 14.1. The number of ether oxygens (including phenoxy) is 1. The molecule has 0 spiro atoms. The van der Waals surface area contributed by atoms with Crippen molar-refractivity contribution in [1.29, 1.82) is 0 Å². The van der Waals surface area contributed by atoms with Gasteiger partial charge in [0.05, 0.1) is 0 Å². The number of hydrogen-bond acceptors (Lipinski definition) is 1. The van der Waals surface area contributed by atoms with E-state index in [1.54, 1.807) is 6.92 Å². The topological polar surface area (TPSA) is 9.23 Å². The highest BCUT2D eigenvalue weighted by Crippen LogP contribution is 2.36. The van der Waals surface area contributed by atoms with Gasteiger partial charge in [0.1, 0.15) is 22.9 Å². The van der Waals surface area contributed by atoms with E-state index in [1.807, 2.05) is 0 Å². The lowest BCUT2D eigenvalue weighted by Gasteiger charge is -2.20. The molecule has 0 fully saturated rings. The van der Waals surface area contributed by atoms with Gasteiger partial charge >= 0.3 is 6.11 Å². The molecule has 0 bridgehead atoms. The summed E-state index contributed by atoms with van der Waals surface area (Å²) in [4.78, 5) is 0. The summed E-state index contributed by atoms with van der Waals surface area (Å²) in [7, 11) is 0. The van der Waals surface area contributed by atoms with Crippen molar-refractivity contribution < 1.29 is 35.5 Å². The zero-order valence-corrected chi connectivity index (χ0v) is 15.6. The Morgan fingerprint density at radius 2 is 1.27 bits per heavy atom. The Bertz CT molecular complexity index is 1020. The summed E-state index contributed by atoms with van der Waals surface area (Å²) < 4.78 is 101. The van der Waals surface area contributed by atoms with E-state index >= 15 is 0 Å². The Labute approximate surface area is 167 Å². The van der Waals surface area contributed by atoms with E-state index in [9.17, 15) is 30.7 Å². The SMILES string of the molecule is CCCc1cc(F)c(C(F)(F)Oc2ccc(-c3cc(F)c(F)c(F)c3)cc2)c(F)c1. The van der Waals surface area contributed by atoms with Crippen molar-refractivity contribution in [3.05, 3.63) is 88.7 Å². The van der Waals surface area contributed by atoms with Gasteiger partial charge in [0.15, 0.2) is 17.5 Å². The van der Waals surface area contributed by atoms with Crippen molar-refractivity contribution in [3.8, 4) is 16.9 Å². The molecular weight excluding hydrogens is 413 g/mol. The summed E-state index contributed by atoms with van der Waals surface area (Å²) in [5.41, 5.74) is -1.12. The van der Waals surface area contributed by atoms with Gasteiger partial charge in [0.25, 0.3) is 0 Å². The molecule has 158 valence electrons. The normalized spacial score (nSPS) is 11.6. The van der Waals surface area contributed by atoms with E-state index in [-0.39, 0.29) is 16.7 Å². The Balaban J connectivity index is 1.86. The third kappa shape index (κ3) is 4.42. The molecule has 3 aromatic carbocycles. The smallest absolute Gasteiger partial charge is 0.429 e. The molecule has 0 aliphatic carbocycles. The van der Waals surface area contributed by atoms with Gasteiger partial charge in [-0.2, -0.15) is 8.78 Å². The van der Waals surface area contributed by atoms with E-state index in [4.69, 9.17) is 0 Å². The van der Waals surface area contributed by atoms with Crippen LogP contribution in [0.15, 0.2) is 48.5 Å². The van der Waals surface area contributed by atoms with Crippen LogP contribution in [0.25, 0.3) is 11.1 Å². The highest BCUT2D eigenvalue weighted by molar-refractivity contribution is 5.64. The van der Waals surface area contributed by atoms with Gasteiger partial charge < -0.3 is 4.74 Å². The molecule has 0 unspecified atom stereocenters. The summed E-state index contributed by atoms with van der Waals surface area (Å²) >= 11 is 0. The molecule has 30 heavy (non-hydrogen) atoms. The van der Waals surface area contributed by atoms with Gasteiger partial charge in [-0.15, -0.1) is 0 Å². The largest absolute Gasteiger partial charge is 0.432 e. The van der Waals surface area contributed by atoms with Gasteiger partial charge in [-0.1, -0.05) is 25.5 Å². The summed E-state index contributed by atoms with van der Waals surface area (Å²) in [6.07, 6.45) is -3.40. The summed E-state index contributed by atoms with van der Waals surface area (Å²) in [5, 5.41) is 0. The number of benzene rings is 3. The minimum absolute atomic E-state index is 0.0340. The van der Waals surface area contributed by atoms with Gasteiger partial charge in [0.2, 0.25) is 0 Å². The van der Waals surface area contributed by atoms with Crippen LogP contribution in [0.5, 0.6) is 5.75 Å². The summed E-state index contributed by atoms with van der Waals surface area (Å²) in [6, 6.07) is 7.59. The van der Waals surface area contributed by atoms with Crippen molar-refractivity contribution in [2.24, 2.45) is 0 Å². The zero-order valence-electron chi connectivity index (χ0n) is 15.6. The van der Waals surface area contributed by atoms with Crippen LogP contribution in [-0.4, -0.2) is 0 Å². The molecule has 3 aromatic rings.